The lowest BCUT2D eigenvalue weighted by Gasteiger charge is -2.55. The summed E-state index contributed by atoms with van der Waals surface area (Å²) < 4.78 is 0. The maximum absolute atomic E-state index is 9.82. The maximum Gasteiger partial charge on any atom is 0.115 e. The van der Waals surface area contributed by atoms with E-state index in [2.05, 4.69) is 31.9 Å². The molecule has 1 aromatic carbocycles. The second-order valence-electron chi connectivity index (χ2n) is 6.14. The predicted molar refractivity (Wildman–Crippen MR) is 74.0 cm³/mol. The molecule has 0 spiro atoms. The molecule has 0 aromatic heterocycles. The van der Waals surface area contributed by atoms with Gasteiger partial charge in [-0.25, -0.2) is 0 Å². The van der Waals surface area contributed by atoms with E-state index in [1.807, 2.05) is 12.1 Å². The molecule has 98 valence electrons. The zero-order valence-electron chi connectivity index (χ0n) is 11.6. The summed E-state index contributed by atoms with van der Waals surface area (Å²) in [5.41, 5.74) is 3.15. The number of likely N-dealkylation sites (N-methyl/N-ethyl adjacent to an activating group) is 1. The smallest absolute Gasteiger partial charge is 0.115 e. The van der Waals surface area contributed by atoms with Crippen LogP contribution in [0, 0.1) is 5.92 Å². The van der Waals surface area contributed by atoms with Gasteiger partial charge < -0.3 is 10.0 Å². The summed E-state index contributed by atoms with van der Waals surface area (Å²) in [4.78, 5) is 2.52. The van der Waals surface area contributed by atoms with Gasteiger partial charge in [0.15, 0.2) is 0 Å². The van der Waals surface area contributed by atoms with Crippen LogP contribution in [-0.4, -0.2) is 29.6 Å². The normalized spacial score (nSPS) is 35.3. The van der Waals surface area contributed by atoms with E-state index in [1.165, 1.54) is 30.5 Å². The minimum Gasteiger partial charge on any atom is -0.508 e. The van der Waals surface area contributed by atoms with Gasteiger partial charge in [0.05, 0.1) is 0 Å². The highest BCUT2D eigenvalue weighted by Crippen LogP contribution is 2.50. The van der Waals surface area contributed by atoms with E-state index in [0.717, 1.165) is 6.42 Å². The Bertz CT molecular complexity index is 470. The third-order valence-corrected chi connectivity index (χ3v) is 5.62. The molecule has 0 amide bonds. The van der Waals surface area contributed by atoms with Crippen LogP contribution in [0.1, 0.15) is 37.8 Å². The van der Waals surface area contributed by atoms with Crippen LogP contribution in [0.2, 0.25) is 0 Å². The Balaban J connectivity index is 2.18. The summed E-state index contributed by atoms with van der Waals surface area (Å²) >= 11 is 0. The lowest BCUT2D eigenvalue weighted by Crippen LogP contribution is -2.57. The Hall–Kier alpha value is -1.02. The summed E-state index contributed by atoms with van der Waals surface area (Å²) in [6, 6.07) is 6.66. The van der Waals surface area contributed by atoms with Crippen molar-refractivity contribution in [3.63, 3.8) is 0 Å². The minimum absolute atomic E-state index is 0.281. The summed E-state index contributed by atoms with van der Waals surface area (Å²) in [7, 11) is 2.26. The standard InChI is InChI=1S/C16H23NO/c1-4-16-7-8-17(3)15(11(16)2)9-12-5-6-13(18)10-14(12)16/h5-6,10-11,15,18H,4,7-9H2,1-3H3/t11?,15?,16-/m1/s1. The van der Waals surface area contributed by atoms with Crippen molar-refractivity contribution in [2.75, 3.05) is 13.6 Å². The van der Waals surface area contributed by atoms with Crippen molar-refractivity contribution in [1.29, 1.82) is 0 Å². The molecular formula is C16H23NO. The zero-order chi connectivity index (χ0) is 12.9. The van der Waals surface area contributed by atoms with Gasteiger partial charge in [0.2, 0.25) is 0 Å². The van der Waals surface area contributed by atoms with Gasteiger partial charge in [0.1, 0.15) is 5.75 Å². The molecule has 1 heterocycles. The van der Waals surface area contributed by atoms with Gasteiger partial charge in [-0.05, 0) is 62.0 Å². The molecular weight excluding hydrogens is 222 g/mol. The molecule has 2 bridgehead atoms. The highest BCUT2D eigenvalue weighted by molar-refractivity contribution is 5.44. The number of phenols is 1. The van der Waals surface area contributed by atoms with Crippen LogP contribution in [0.5, 0.6) is 5.75 Å². The molecule has 2 aliphatic rings. The van der Waals surface area contributed by atoms with Crippen LogP contribution in [-0.2, 0) is 11.8 Å². The number of nitrogens with zero attached hydrogens (tertiary/aromatic N) is 1. The number of hydrogen-bond donors (Lipinski definition) is 1. The third kappa shape index (κ3) is 1.45. The van der Waals surface area contributed by atoms with Crippen LogP contribution < -0.4 is 0 Å². The molecule has 1 N–H and O–H groups in total. The average molecular weight is 245 g/mol. The lowest BCUT2D eigenvalue weighted by molar-refractivity contribution is 0.0385. The van der Waals surface area contributed by atoms with Gasteiger partial charge in [0, 0.05) is 11.5 Å². The van der Waals surface area contributed by atoms with Gasteiger partial charge in [-0.3, -0.25) is 0 Å². The summed E-state index contributed by atoms with van der Waals surface area (Å²) in [5.74, 6) is 1.10. The molecule has 1 aliphatic heterocycles. The van der Waals surface area contributed by atoms with E-state index in [-0.39, 0.29) is 5.41 Å². The van der Waals surface area contributed by atoms with E-state index in [4.69, 9.17) is 0 Å². The first kappa shape index (κ1) is 12.0. The van der Waals surface area contributed by atoms with Gasteiger partial charge >= 0.3 is 0 Å². The predicted octanol–water partition coefficient (Wildman–Crippen LogP) is 2.94. The molecule has 3 rings (SSSR count). The van der Waals surface area contributed by atoms with Crippen molar-refractivity contribution in [3.8, 4) is 5.75 Å². The van der Waals surface area contributed by atoms with E-state index in [0.29, 0.717) is 17.7 Å². The fraction of sp³-hybridized carbons (Fsp3) is 0.625. The maximum atomic E-state index is 9.82. The van der Waals surface area contributed by atoms with Crippen molar-refractivity contribution in [2.45, 2.75) is 44.6 Å². The largest absolute Gasteiger partial charge is 0.508 e. The van der Waals surface area contributed by atoms with Gasteiger partial charge in [-0.2, -0.15) is 0 Å². The first-order valence-corrected chi connectivity index (χ1v) is 7.11. The lowest BCUT2D eigenvalue weighted by atomic mass is 9.57. The average Bonchev–Trinajstić information content (AvgIpc) is 2.36. The van der Waals surface area contributed by atoms with E-state index >= 15 is 0 Å². The van der Waals surface area contributed by atoms with Gasteiger partial charge in [-0.15, -0.1) is 0 Å². The molecule has 0 saturated carbocycles. The first-order valence-electron chi connectivity index (χ1n) is 7.11. The van der Waals surface area contributed by atoms with Crippen molar-refractivity contribution >= 4 is 0 Å². The molecule has 2 nitrogen and oxygen atoms in total. The summed E-state index contributed by atoms with van der Waals surface area (Å²) in [5, 5.41) is 9.82. The first-order chi connectivity index (χ1) is 8.58. The summed E-state index contributed by atoms with van der Waals surface area (Å²) in [6.45, 7) is 5.88. The van der Waals surface area contributed by atoms with E-state index in [9.17, 15) is 5.11 Å². The van der Waals surface area contributed by atoms with Crippen LogP contribution in [0.3, 0.4) is 0 Å². The molecule has 3 atom stereocenters. The number of fused-ring (bicyclic) bond motifs is 4. The molecule has 18 heavy (non-hydrogen) atoms. The van der Waals surface area contributed by atoms with Crippen molar-refractivity contribution in [3.05, 3.63) is 29.3 Å². The molecule has 1 aromatic rings. The molecule has 2 unspecified atom stereocenters. The third-order valence-electron chi connectivity index (χ3n) is 5.62. The Morgan fingerprint density at radius 3 is 2.94 bits per heavy atom. The van der Waals surface area contributed by atoms with Crippen LogP contribution in [0.4, 0.5) is 0 Å². The molecule has 0 radical (unpaired) electrons. The fourth-order valence-electron chi connectivity index (χ4n) is 4.35. The van der Waals surface area contributed by atoms with Crippen LogP contribution >= 0.6 is 0 Å². The Morgan fingerprint density at radius 1 is 1.44 bits per heavy atom. The van der Waals surface area contributed by atoms with Crippen molar-refractivity contribution in [2.24, 2.45) is 5.92 Å². The number of aromatic hydroxyl groups is 1. The summed E-state index contributed by atoms with van der Waals surface area (Å²) in [6.07, 6.45) is 3.53. The zero-order valence-corrected chi connectivity index (χ0v) is 11.6. The van der Waals surface area contributed by atoms with E-state index in [1.54, 1.807) is 0 Å². The number of likely N-dealkylation sites (tertiary alicyclic amines) is 1. The van der Waals surface area contributed by atoms with Crippen LogP contribution in [0.15, 0.2) is 18.2 Å². The molecule has 1 fully saturated rings. The second kappa shape index (κ2) is 3.99. The number of benzene rings is 1. The number of hydrogen-bond acceptors (Lipinski definition) is 2. The second-order valence-corrected chi connectivity index (χ2v) is 6.14. The molecule has 1 saturated heterocycles. The Morgan fingerprint density at radius 2 is 2.22 bits per heavy atom. The van der Waals surface area contributed by atoms with E-state index < -0.39 is 0 Å². The minimum atomic E-state index is 0.281. The number of rotatable bonds is 1. The Labute approximate surface area is 110 Å². The Kier molecular flexibility index (Phi) is 2.67. The van der Waals surface area contributed by atoms with Gasteiger partial charge in [-0.1, -0.05) is 19.9 Å². The highest BCUT2D eigenvalue weighted by atomic mass is 16.3. The highest BCUT2D eigenvalue weighted by Gasteiger charge is 2.49. The fourth-order valence-corrected chi connectivity index (χ4v) is 4.35. The van der Waals surface area contributed by atoms with Crippen molar-refractivity contribution in [1.82, 2.24) is 4.90 Å². The van der Waals surface area contributed by atoms with Crippen LogP contribution in [0.25, 0.3) is 0 Å². The number of phenolic OH excluding ortho intramolecular Hbond substituents is 1. The number of piperidine rings is 1. The SMILES string of the molecule is CC[C@]12CCN(C)C(Cc3ccc(O)cc31)C2C. The quantitative estimate of drug-likeness (QED) is 0.822. The molecule has 2 heteroatoms. The van der Waals surface area contributed by atoms with Gasteiger partial charge in [0.25, 0.3) is 0 Å². The topological polar surface area (TPSA) is 23.5 Å². The molecule has 1 aliphatic carbocycles. The monoisotopic (exact) mass is 245 g/mol. The van der Waals surface area contributed by atoms with Crippen molar-refractivity contribution < 1.29 is 5.11 Å².